The van der Waals surface area contributed by atoms with Gasteiger partial charge in [-0.3, -0.25) is 9.59 Å². The van der Waals surface area contributed by atoms with Crippen molar-refractivity contribution in [3.05, 3.63) is 81.4 Å². The Balaban J connectivity index is 1.59. The first-order valence-electron chi connectivity index (χ1n) is 10.4. The van der Waals surface area contributed by atoms with Crippen molar-refractivity contribution in [2.24, 2.45) is 0 Å². The molecule has 1 amide bonds. The molecule has 0 saturated carbocycles. The molecule has 0 aliphatic carbocycles. The van der Waals surface area contributed by atoms with Gasteiger partial charge >= 0.3 is 0 Å². The Labute approximate surface area is 190 Å². The molecule has 0 aliphatic heterocycles. The predicted molar refractivity (Wildman–Crippen MR) is 127 cm³/mol. The first kappa shape index (κ1) is 21.8. The summed E-state index contributed by atoms with van der Waals surface area (Å²) in [6, 6.07) is 16.8. The van der Waals surface area contributed by atoms with Gasteiger partial charge in [-0.25, -0.2) is 4.98 Å². The maximum absolute atomic E-state index is 13.3. The predicted octanol–water partition coefficient (Wildman–Crippen LogP) is 4.89. The van der Waals surface area contributed by atoms with Crippen molar-refractivity contribution in [2.45, 2.75) is 26.3 Å². The molecule has 0 bridgehead atoms. The fourth-order valence-corrected chi connectivity index (χ4v) is 3.98. The third-order valence-corrected chi connectivity index (χ3v) is 5.93. The van der Waals surface area contributed by atoms with E-state index in [1.807, 2.05) is 50.2 Å². The van der Waals surface area contributed by atoms with Gasteiger partial charge in [-0.2, -0.15) is 0 Å². The summed E-state index contributed by atoms with van der Waals surface area (Å²) in [5.74, 6) is 0.847. The molecule has 1 unspecified atom stereocenters. The Bertz CT molecular complexity index is 1370. The van der Waals surface area contributed by atoms with Gasteiger partial charge in [0.25, 0.3) is 5.56 Å². The van der Waals surface area contributed by atoms with Crippen LogP contribution in [0.5, 0.6) is 5.75 Å². The van der Waals surface area contributed by atoms with Crippen LogP contribution < -0.4 is 10.3 Å². The van der Waals surface area contributed by atoms with Crippen molar-refractivity contribution < 1.29 is 9.53 Å². The number of ether oxygens (including phenoxy) is 1. The fourth-order valence-electron chi connectivity index (χ4n) is 3.82. The molecule has 0 spiro atoms. The second-order valence-electron chi connectivity index (χ2n) is 7.72. The van der Waals surface area contributed by atoms with E-state index in [0.29, 0.717) is 28.3 Å². The molecular formula is C25H24ClN3O3. The average molecular weight is 450 g/mol. The van der Waals surface area contributed by atoms with Gasteiger partial charge in [0.05, 0.1) is 30.5 Å². The van der Waals surface area contributed by atoms with Crippen molar-refractivity contribution >= 4 is 39.2 Å². The zero-order chi connectivity index (χ0) is 22.8. The number of halogens is 1. The maximum Gasteiger partial charge on any atom is 0.258 e. The van der Waals surface area contributed by atoms with Crippen molar-refractivity contribution in [2.75, 3.05) is 13.7 Å². The molecule has 164 valence electrons. The highest BCUT2D eigenvalue weighted by molar-refractivity contribution is 6.31. The quantitative estimate of drug-likeness (QED) is 0.454. The van der Waals surface area contributed by atoms with E-state index in [-0.39, 0.29) is 23.9 Å². The number of carbonyl (C=O) groups excluding carboxylic acids is 1. The molecule has 0 fully saturated rings. The number of hydrogen-bond donors (Lipinski definition) is 1. The van der Waals surface area contributed by atoms with Gasteiger partial charge in [-0.15, -0.1) is 0 Å². The maximum atomic E-state index is 13.3. The van der Waals surface area contributed by atoms with Gasteiger partial charge in [0, 0.05) is 11.6 Å². The molecule has 0 saturated heterocycles. The Hall–Kier alpha value is -3.38. The summed E-state index contributed by atoms with van der Waals surface area (Å²) < 4.78 is 5.28. The van der Waals surface area contributed by atoms with Crippen molar-refractivity contribution in [3.8, 4) is 5.75 Å². The van der Waals surface area contributed by atoms with Crippen LogP contribution in [-0.4, -0.2) is 34.4 Å². The minimum atomic E-state index is -0.344. The summed E-state index contributed by atoms with van der Waals surface area (Å²) in [7, 11) is 1.64. The SMILES string of the molecule is CCN(Cc1nc2cc(Cl)ccc2c(=O)[nH]1)C(=O)C(C)c1ccc2cc(OC)ccc2c1. The van der Waals surface area contributed by atoms with Crippen molar-refractivity contribution in [3.63, 3.8) is 0 Å². The number of methoxy groups -OCH3 is 1. The highest BCUT2D eigenvalue weighted by Gasteiger charge is 2.22. The van der Waals surface area contributed by atoms with Gasteiger partial charge in [0.1, 0.15) is 11.6 Å². The second kappa shape index (κ2) is 9.01. The lowest BCUT2D eigenvalue weighted by Gasteiger charge is -2.24. The fraction of sp³-hybridized carbons (Fsp3) is 0.240. The largest absolute Gasteiger partial charge is 0.497 e. The van der Waals surface area contributed by atoms with Crippen LogP contribution in [0.15, 0.2) is 59.4 Å². The van der Waals surface area contributed by atoms with Crippen LogP contribution >= 0.6 is 11.6 Å². The van der Waals surface area contributed by atoms with Crippen LogP contribution in [0.3, 0.4) is 0 Å². The summed E-state index contributed by atoms with van der Waals surface area (Å²) >= 11 is 6.05. The first-order chi connectivity index (χ1) is 15.4. The number of nitrogens with one attached hydrogen (secondary N) is 1. The van der Waals surface area contributed by atoms with Gasteiger partial charge in [0.15, 0.2) is 0 Å². The number of likely N-dealkylation sites (N-methyl/N-ethyl adjacent to an activating group) is 1. The van der Waals surface area contributed by atoms with E-state index in [0.717, 1.165) is 22.1 Å². The Kier molecular flexibility index (Phi) is 6.15. The molecule has 4 aromatic rings. The summed E-state index contributed by atoms with van der Waals surface area (Å²) in [5.41, 5.74) is 1.19. The van der Waals surface area contributed by atoms with Crippen LogP contribution in [0.2, 0.25) is 5.02 Å². The number of H-pyrrole nitrogens is 1. The van der Waals surface area contributed by atoms with Crippen LogP contribution in [0.4, 0.5) is 0 Å². The molecule has 1 atom stereocenters. The molecule has 0 aliphatic rings. The Morgan fingerprint density at radius 1 is 1.12 bits per heavy atom. The normalized spacial score (nSPS) is 12.1. The van der Waals surface area contributed by atoms with Crippen LogP contribution in [0, 0.1) is 0 Å². The van der Waals surface area contributed by atoms with E-state index in [4.69, 9.17) is 16.3 Å². The summed E-state index contributed by atoms with van der Waals surface area (Å²) in [6.07, 6.45) is 0. The third-order valence-electron chi connectivity index (χ3n) is 5.69. The van der Waals surface area contributed by atoms with E-state index in [2.05, 4.69) is 9.97 Å². The van der Waals surface area contributed by atoms with Crippen molar-refractivity contribution in [1.29, 1.82) is 0 Å². The van der Waals surface area contributed by atoms with E-state index in [9.17, 15) is 9.59 Å². The average Bonchev–Trinajstić information content (AvgIpc) is 2.80. The van der Waals surface area contributed by atoms with E-state index < -0.39 is 0 Å². The van der Waals surface area contributed by atoms with Gasteiger partial charge in [0.2, 0.25) is 5.91 Å². The molecule has 4 rings (SSSR count). The number of amides is 1. The van der Waals surface area contributed by atoms with Gasteiger partial charge < -0.3 is 14.6 Å². The minimum absolute atomic E-state index is 0.0331. The zero-order valence-electron chi connectivity index (χ0n) is 18.2. The number of rotatable bonds is 6. The molecule has 1 heterocycles. The van der Waals surface area contributed by atoms with Crippen molar-refractivity contribution in [1.82, 2.24) is 14.9 Å². The molecular weight excluding hydrogens is 426 g/mol. The third kappa shape index (κ3) is 4.32. The molecule has 32 heavy (non-hydrogen) atoms. The first-order valence-corrected chi connectivity index (χ1v) is 10.8. The topological polar surface area (TPSA) is 75.3 Å². The van der Waals surface area contributed by atoms with E-state index >= 15 is 0 Å². The zero-order valence-corrected chi connectivity index (χ0v) is 18.9. The van der Waals surface area contributed by atoms with Gasteiger partial charge in [-0.1, -0.05) is 35.9 Å². The van der Waals surface area contributed by atoms with Crippen LogP contribution in [-0.2, 0) is 11.3 Å². The molecule has 0 radical (unpaired) electrons. The smallest absolute Gasteiger partial charge is 0.258 e. The lowest BCUT2D eigenvalue weighted by atomic mass is 9.96. The van der Waals surface area contributed by atoms with Crippen LogP contribution in [0.25, 0.3) is 21.7 Å². The number of hydrogen-bond acceptors (Lipinski definition) is 4. The summed E-state index contributed by atoms with van der Waals surface area (Å²) in [5, 5.41) is 3.07. The second-order valence-corrected chi connectivity index (χ2v) is 8.16. The number of aromatic nitrogens is 2. The van der Waals surface area contributed by atoms with Gasteiger partial charge in [-0.05, 0) is 60.5 Å². The highest BCUT2D eigenvalue weighted by atomic mass is 35.5. The molecule has 1 aromatic heterocycles. The summed E-state index contributed by atoms with van der Waals surface area (Å²) in [6.45, 7) is 4.51. The highest BCUT2D eigenvalue weighted by Crippen LogP contribution is 2.26. The number of nitrogens with zero attached hydrogens (tertiary/aromatic N) is 2. The Morgan fingerprint density at radius 3 is 2.62 bits per heavy atom. The van der Waals surface area contributed by atoms with E-state index in [1.54, 1.807) is 30.2 Å². The number of fused-ring (bicyclic) bond motifs is 2. The van der Waals surface area contributed by atoms with E-state index in [1.165, 1.54) is 0 Å². The number of benzene rings is 3. The molecule has 3 aromatic carbocycles. The number of aromatic amines is 1. The molecule has 6 nitrogen and oxygen atoms in total. The lowest BCUT2D eigenvalue weighted by molar-refractivity contribution is -0.133. The minimum Gasteiger partial charge on any atom is -0.497 e. The monoisotopic (exact) mass is 449 g/mol. The lowest BCUT2D eigenvalue weighted by Crippen LogP contribution is -2.34. The summed E-state index contributed by atoms with van der Waals surface area (Å²) in [4.78, 5) is 34.7. The molecule has 7 heteroatoms. The Morgan fingerprint density at radius 2 is 1.88 bits per heavy atom. The number of carbonyl (C=O) groups is 1. The molecule has 1 N–H and O–H groups in total. The standard InChI is InChI=1S/C25H24ClN3O3/c1-4-29(14-23-27-22-13-19(26)8-10-21(22)24(30)28-23)25(31)15(2)16-5-6-18-12-20(32-3)9-7-17(18)11-16/h5-13,15H,4,14H2,1-3H3,(H,27,28,30). The van der Waals surface area contributed by atoms with Crippen LogP contribution in [0.1, 0.15) is 31.2 Å².